The van der Waals surface area contributed by atoms with Crippen LogP contribution >= 0.6 is 0 Å². The molecular weight excluding hydrogens is 187 g/mol. The molecule has 0 aliphatic heterocycles. The first kappa shape index (κ1) is 9.78. The van der Waals surface area contributed by atoms with E-state index in [1.54, 1.807) is 12.0 Å². The van der Waals surface area contributed by atoms with Gasteiger partial charge in [-0.1, -0.05) is 0 Å². The number of rotatable bonds is 2. The Morgan fingerprint density at radius 2 is 2.15 bits per heavy atom. The van der Waals surface area contributed by atoms with Gasteiger partial charge in [0, 0.05) is 6.54 Å². The Morgan fingerprint density at radius 3 is 2.54 bits per heavy atom. The van der Waals surface area contributed by atoms with E-state index in [4.69, 9.17) is 5.84 Å². The van der Waals surface area contributed by atoms with Crippen molar-refractivity contribution in [3.63, 3.8) is 0 Å². The summed E-state index contributed by atoms with van der Waals surface area (Å²) in [4.78, 5) is 3.16. The Kier molecular flexibility index (Phi) is 2.41. The van der Waals surface area contributed by atoms with Gasteiger partial charge in [-0.2, -0.15) is 18.2 Å². The number of halogens is 3. The van der Waals surface area contributed by atoms with Crippen molar-refractivity contribution in [2.75, 3.05) is 11.6 Å². The number of hydrogen-bond donors (Lipinski definition) is 2. The predicted molar refractivity (Wildman–Crippen MR) is 38.6 cm³/mol. The molecule has 1 aromatic heterocycles. The summed E-state index contributed by atoms with van der Waals surface area (Å²) in [5, 5.41) is 6.06. The molecular formula is C5H8F3N5. The number of hydrazine groups is 1. The number of anilines is 1. The first-order valence-corrected chi connectivity index (χ1v) is 3.47. The monoisotopic (exact) mass is 195 g/mol. The summed E-state index contributed by atoms with van der Waals surface area (Å²) < 4.78 is 35.9. The van der Waals surface area contributed by atoms with Gasteiger partial charge in [0.1, 0.15) is 0 Å². The third-order valence-corrected chi connectivity index (χ3v) is 1.34. The standard InChI is InChI=1S/C5H8F3N5/c1-2-13(9)4-10-3(11-12-4)5(6,7)8/h2,9H2,1H3,(H,10,11,12). The minimum Gasteiger partial charge on any atom is -0.278 e. The van der Waals surface area contributed by atoms with Crippen molar-refractivity contribution in [2.24, 2.45) is 5.84 Å². The Balaban J connectivity index is 2.87. The molecule has 0 amide bonds. The smallest absolute Gasteiger partial charge is 0.278 e. The summed E-state index contributed by atoms with van der Waals surface area (Å²) in [6.45, 7) is 2.00. The highest BCUT2D eigenvalue weighted by molar-refractivity contribution is 5.25. The highest BCUT2D eigenvalue weighted by Gasteiger charge is 2.35. The fraction of sp³-hybridized carbons (Fsp3) is 0.600. The van der Waals surface area contributed by atoms with Gasteiger partial charge < -0.3 is 0 Å². The molecule has 3 N–H and O–H groups in total. The minimum absolute atomic E-state index is 0.171. The van der Waals surface area contributed by atoms with E-state index in [2.05, 4.69) is 10.1 Å². The molecule has 0 saturated heterocycles. The zero-order valence-corrected chi connectivity index (χ0v) is 6.76. The maximum absolute atomic E-state index is 12.0. The molecule has 0 bridgehead atoms. The third kappa shape index (κ3) is 2.08. The van der Waals surface area contributed by atoms with Crippen molar-refractivity contribution >= 4 is 5.95 Å². The van der Waals surface area contributed by atoms with E-state index in [9.17, 15) is 13.2 Å². The lowest BCUT2D eigenvalue weighted by Crippen LogP contribution is -2.31. The zero-order chi connectivity index (χ0) is 10.1. The van der Waals surface area contributed by atoms with Crippen LogP contribution in [0.3, 0.4) is 0 Å². The quantitative estimate of drug-likeness (QED) is 0.533. The van der Waals surface area contributed by atoms with Crippen molar-refractivity contribution < 1.29 is 13.2 Å². The topological polar surface area (TPSA) is 70.8 Å². The van der Waals surface area contributed by atoms with Crippen LogP contribution in [-0.2, 0) is 6.18 Å². The van der Waals surface area contributed by atoms with Gasteiger partial charge in [0.15, 0.2) is 0 Å². The number of aromatic nitrogens is 3. The van der Waals surface area contributed by atoms with E-state index in [1.165, 1.54) is 0 Å². The second-order valence-corrected chi connectivity index (χ2v) is 2.27. The van der Waals surface area contributed by atoms with Crippen LogP contribution in [-0.4, -0.2) is 21.7 Å². The van der Waals surface area contributed by atoms with Gasteiger partial charge in [-0.25, -0.2) is 5.84 Å². The van der Waals surface area contributed by atoms with Crippen molar-refractivity contribution in [3.05, 3.63) is 5.82 Å². The Bertz CT molecular complexity index is 280. The summed E-state index contributed by atoms with van der Waals surface area (Å²) >= 11 is 0. The zero-order valence-electron chi connectivity index (χ0n) is 6.76. The Morgan fingerprint density at radius 1 is 1.54 bits per heavy atom. The largest absolute Gasteiger partial charge is 0.451 e. The SMILES string of the molecule is CCN(N)c1n[nH]c(C(F)(F)F)n1. The minimum atomic E-state index is -4.51. The molecule has 0 aliphatic carbocycles. The van der Waals surface area contributed by atoms with Crippen LogP contribution < -0.4 is 10.9 Å². The summed E-state index contributed by atoms with van der Waals surface area (Å²) in [5.74, 6) is 3.95. The Labute approximate surface area is 71.7 Å². The van der Waals surface area contributed by atoms with Crippen LogP contribution in [0.15, 0.2) is 0 Å². The molecule has 1 heterocycles. The van der Waals surface area contributed by atoms with Crippen LogP contribution in [0.5, 0.6) is 0 Å². The molecule has 0 aliphatic rings. The molecule has 13 heavy (non-hydrogen) atoms. The first-order valence-electron chi connectivity index (χ1n) is 3.47. The predicted octanol–water partition coefficient (Wildman–Crippen LogP) is 0.524. The van der Waals surface area contributed by atoms with Gasteiger partial charge in [0.25, 0.3) is 5.95 Å². The van der Waals surface area contributed by atoms with E-state index < -0.39 is 12.0 Å². The summed E-state index contributed by atoms with van der Waals surface area (Å²) in [5.41, 5.74) is 0. The fourth-order valence-electron chi connectivity index (χ4n) is 0.650. The van der Waals surface area contributed by atoms with Gasteiger partial charge in [-0.3, -0.25) is 10.1 Å². The number of nitrogens with zero attached hydrogens (tertiary/aromatic N) is 3. The average Bonchev–Trinajstić information content (AvgIpc) is 2.50. The molecule has 0 radical (unpaired) electrons. The average molecular weight is 195 g/mol. The number of alkyl halides is 3. The number of nitrogens with one attached hydrogen (secondary N) is 1. The number of H-pyrrole nitrogens is 1. The molecule has 0 aromatic carbocycles. The maximum Gasteiger partial charge on any atom is 0.451 e. The molecule has 5 nitrogen and oxygen atoms in total. The highest BCUT2D eigenvalue weighted by Crippen LogP contribution is 2.26. The number of hydrogen-bond acceptors (Lipinski definition) is 4. The van der Waals surface area contributed by atoms with Crippen LogP contribution in [0.4, 0.5) is 19.1 Å². The number of aromatic amines is 1. The fourth-order valence-corrected chi connectivity index (χ4v) is 0.650. The lowest BCUT2D eigenvalue weighted by Gasteiger charge is -2.09. The van der Waals surface area contributed by atoms with Crippen molar-refractivity contribution in [2.45, 2.75) is 13.1 Å². The molecule has 1 rings (SSSR count). The van der Waals surface area contributed by atoms with E-state index >= 15 is 0 Å². The molecule has 0 atom stereocenters. The van der Waals surface area contributed by atoms with Gasteiger partial charge in [0.05, 0.1) is 0 Å². The van der Waals surface area contributed by atoms with Crippen molar-refractivity contribution in [3.8, 4) is 0 Å². The van der Waals surface area contributed by atoms with Crippen molar-refractivity contribution in [1.29, 1.82) is 0 Å². The van der Waals surface area contributed by atoms with Crippen molar-refractivity contribution in [1.82, 2.24) is 15.2 Å². The lowest BCUT2D eigenvalue weighted by atomic mass is 10.6. The second kappa shape index (κ2) is 3.21. The van der Waals surface area contributed by atoms with Crippen LogP contribution in [0.25, 0.3) is 0 Å². The lowest BCUT2D eigenvalue weighted by molar-refractivity contribution is -0.144. The third-order valence-electron chi connectivity index (χ3n) is 1.34. The van der Waals surface area contributed by atoms with Crippen LogP contribution in [0.2, 0.25) is 0 Å². The molecule has 74 valence electrons. The van der Waals surface area contributed by atoms with E-state index in [-0.39, 0.29) is 5.95 Å². The number of nitrogens with two attached hydrogens (primary N) is 1. The van der Waals surface area contributed by atoms with Crippen LogP contribution in [0.1, 0.15) is 12.7 Å². The molecule has 1 aromatic rings. The van der Waals surface area contributed by atoms with Gasteiger partial charge >= 0.3 is 6.18 Å². The molecule has 0 fully saturated rings. The van der Waals surface area contributed by atoms with Gasteiger partial charge in [0.2, 0.25) is 5.82 Å². The van der Waals surface area contributed by atoms with E-state index in [0.717, 1.165) is 5.01 Å². The van der Waals surface area contributed by atoms with E-state index in [0.29, 0.717) is 6.54 Å². The van der Waals surface area contributed by atoms with Gasteiger partial charge in [-0.15, -0.1) is 5.10 Å². The summed E-state index contributed by atoms with van der Waals surface area (Å²) in [6.07, 6.45) is -4.51. The van der Waals surface area contributed by atoms with Crippen LogP contribution in [0, 0.1) is 0 Å². The Hall–Kier alpha value is -1.31. The maximum atomic E-state index is 12.0. The summed E-state index contributed by atoms with van der Waals surface area (Å²) in [6, 6.07) is 0. The molecule has 0 unspecified atom stereocenters. The molecule has 0 spiro atoms. The first-order chi connectivity index (χ1) is 5.95. The molecule has 8 heteroatoms. The molecule has 0 saturated carbocycles. The second-order valence-electron chi connectivity index (χ2n) is 2.27. The normalized spacial score (nSPS) is 11.8. The van der Waals surface area contributed by atoms with Gasteiger partial charge in [-0.05, 0) is 6.92 Å². The van der Waals surface area contributed by atoms with E-state index in [1.807, 2.05) is 0 Å². The highest BCUT2D eigenvalue weighted by atomic mass is 19.4. The summed E-state index contributed by atoms with van der Waals surface area (Å²) in [7, 11) is 0.